The molecule has 0 aromatic carbocycles. The molecule has 6 nitrogen and oxygen atoms in total. The normalized spacial score (nSPS) is 20.6. The van der Waals surface area contributed by atoms with Crippen molar-refractivity contribution in [3.8, 4) is 0 Å². The smallest absolute Gasteiger partial charge is 0.271 e. The van der Waals surface area contributed by atoms with Crippen molar-refractivity contribution in [1.29, 1.82) is 0 Å². The van der Waals surface area contributed by atoms with E-state index < -0.39 is 0 Å². The van der Waals surface area contributed by atoms with Gasteiger partial charge < -0.3 is 15.4 Å². The van der Waals surface area contributed by atoms with Crippen LogP contribution >= 0.6 is 0 Å². The Morgan fingerprint density at radius 1 is 1.70 bits per heavy atom. The molecule has 112 valence electrons. The summed E-state index contributed by atoms with van der Waals surface area (Å²) < 4.78 is 6.95. The molecule has 2 N–H and O–H groups in total. The molecule has 1 fully saturated rings. The fourth-order valence-corrected chi connectivity index (χ4v) is 2.42. The Bertz CT molecular complexity index is 427. The van der Waals surface area contributed by atoms with E-state index in [4.69, 9.17) is 4.74 Å². The van der Waals surface area contributed by atoms with Gasteiger partial charge in [0.2, 0.25) is 0 Å². The largest absolute Gasteiger partial charge is 0.384 e. The van der Waals surface area contributed by atoms with Crippen LogP contribution in [0, 0.1) is 5.92 Å². The maximum absolute atomic E-state index is 12.0. The average Bonchev–Trinajstić information content (AvgIpc) is 2.96. The minimum absolute atomic E-state index is 0.115. The number of nitrogens with zero attached hydrogens (tertiary/aromatic N) is 2. The van der Waals surface area contributed by atoms with Crippen molar-refractivity contribution in [3.63, 3.8) is 0 Å². The van der Waals surface area contributed by atoms with E-state index in [1.54, 1.807) is 13.2 Å². The lowest BCUT2D eigenvalue weighted by Crippen LogP contribution is -2.32. The van der Waals surface area contributed by atoms with Gasteiger partial charge in [-0.2, -0.15) is 5.10 Å². The molecule has 0 radical (unpaired) electrons. The zero-order valence-corrected chi connectivity index (χ0v) is 12.3. The molecule has 20 heavy (non-hydrogen) atoms. The van der Waals surface area contributed by atoms with E-state index in [2.05, 4.69) is 15.7 Å². The number of amides is 1. The lowest BCUT2D eigenvalue weighted by atomic mass is 10.1. The number of hydrogen-bond donors (Lipinski definition) is 2. The van der Waals surface area contributed by atoms with Gasteiger partial charge >= 0.3 is 0 Å². The number of ether oxygens (including phenoxy) is 1. The summed E-state index contributed by atoms with van der Waals surface area (Å²) in [6.45, 7) is 5.28. The summed E-state index contributed by atoms with van der Waals surface area (Å²) in [5.74, 6) is 0.184. The molecular formula is C14H24N4O2. The topological polar surface area (TPSA) is 68.2 Å². The molecule has 1 aromatic heterocycles. The second-order valence-electron chi connectivity index (χ2n) is 5.45. The van der Waals surface area contributed by atoms with Gasteiger partial charge in [0.1, 0.15) is 5.69 Å². The first-order valence-electron chi connectivity index (χ1n) is 7.23. The first-order valence-corrected chi connectivity index (χ1v) is 7.23. The van der Waals surface area contributed by atoms with E-state index in [0.29, 0.717) is 30.8 Å². The van der Waals surface area contributed by atoms with Crippen LogP contribution in [0.3, 0.4) is 0 Å². The summed E-state index contributed by atoms with van der Waals surface area (Å²) in [7, 11) is 1.66. The lowest BCUT2D eigenvalue weighted by molar-refractivity contribution is 0.0928. The molecule has 1 aliphatic rings. The van der Waals surface area contributed by atoms with Crippen LogP contribution in [-0.4, -0.2) is 49.0 Å². The Hall–Kier alpha value is -1.40. The van der Waals surface area contributed by atoms with E-state index in [1.165, 1.54) is 0 Å². The third-order valence-corrected chi connectivity index (χ3v) is 3.55. The van der Waals surface area contributed by atoms with Gasteiger partial charge in [-0.15, -0.1) is 0 Å². The van der Waals surface area contributed by atoms with Gasteiger partial charge in [0.25, 0.3) is 5.91 Å². The summed E-state index contributed by atoms with van der Waals surface area (Å²) >= 11 is 0. The minimum Gasteiger partial charge on any atom is -0.384 e. The van der Waals surface area contributed by atoms with Gasteiger partial charge in [0.15, 0.2) is 0 Å². The molecule has 1 amide bonds. The fourth-order valence-electron chi connectivity index (χ4n) is 2.42. The summed E-state index contributed by atoms with van der Waals surface area (Å²) in [5, 5.41) is 10.6. The number of carbonyl (C=O) groups excluding carboxylic acids is 1. The Morgan fingerprint density at radius 3 is 3.25 bits per heavy atom. The van der Waals surface area contributed by atoms with Crippen molar-refractivity contribution in [2.45, 2.75) is 25.8 Å². The standard InChI is InChI=1S/C14H24N4O2/c1-11(10-20-2)8-16-14(19)13-5-7-18(17-13)12-4-3-6-15-9-12/h5,7,11-12,15H,3-4,6,8-10H2,1-2H3,(H,16,19). The van der Waals surface area contributed by atoms with Crippen LogP contribution in [0.2, 0.25) is 0 Å². The number of aromatic nitrogens is 2. The van der Waals surface area contributed by atoms with Crippen molar-refractivity contribution in [2.75, 3.05) is 33.4 Å². The van der Waals surface area contributed by atoms with Gasteiger partial charge in [0.05, 0.1) is 12.6 Å². The Kier molecular flexibility index (Phi) is 5.55. The summed E-state index contributed by atoms with van der Waals surface area (Å²) in [6, 6.07) is 2.14. The molecule has 2 heterocycles. The Morgan fingerprint density at radius 2 is 2.55 bits per heavy atom. The van der Waals surface area contributed by atoms with Crippen molar-refractivity contribution in [3.05, 3.63) is 18.0 Å². The molecule has 2 rings (SSSR count). The first kappa shape index (κ1) is 15.0. The van der Waals surface area contributed by atoms with Crippen LogP contribution in [-0.2, 0) is 4.74 Å². The SMILES string of the molecule is COCC(C)CNC(=O)c1ccn(C2CCCNC2)n1. The van der Waals surface area contributed by atoms with Crippen molar-refractivity contribution in [1.82, 2.24) is 20.4 Å². The number of nitrogens with one attached hydrogen (secondary N) is 2. The van der Waals surface area contributed by atoms with Crippen molar-refractivity contribution in [2.24, 2.45) is 5.92 Å². The van der Waals surface area contributed by atoms with Gasteiger partial charge in [-0.3, -0.25) is 9.48 Å². The van der Waals surface area contributed by atoms with E-state index in [0.717, 1.165) is 25.9 Å². The highest BCUT2D eigenvalue weighted by atomic mass is 16.5. The summed E-state index contributed by atoms with van der Waals surface area (Å²) in [4.78, 5) is 12.0. The van der Waals surface area contributed by atoms with Crippen LogP contribution in [0.15, 0.2) is 12.3 Å². The van der Waals surface area contributed by atoms with Crippen LogP contribution < -0.4 is 10.6 Å². The molecule has 1 aliphatic heterocycles. The second-order valence-corrected chi connectivity index (χ2v) is 5.45. The van der Waals surface area contributed by atoms with E-state index in [-0.39, 0.29) is 5.91 Å². The van der Waals surface area contributed by atoms with Crippen molar-refractivity contribution >= 4 is 5.91 Å². The predicted octanol–water partition coefficient (Wildman–Crippen LogP) is 0.820. The Labute approximate surface area is 119 Å². The van der Waals surface area contributed by atoms with E-state index in [1.807, 2.05) is 17.8 Å². The maximum atomic E-state index is 12.0. The third kappa shape index (κ3) is 4.05. The van der Waals surface area contributed by atoms with Crippen LogP contribution in [0.1, 0.15) is 36.3 Å². The molecule has 1 aromatic rings. The van der Waals surface area contributed by atoms with Gasteiger partial charge in [0, 0.05) is 26.4 Å². The zero-order valence-electron chi connectivity index (χ0n) is 12.3. The van der Waals surface area contributed by atoms with Crippen molar-refractivity contribution < 1.29 is 9.53 Å². The molecule has 0 saturated carbocycles. The second kappa shape index (κ2) is 7.40. The molecule has 0 spiro atoms. The highest BCUT2D eigenvalue weighted by molar-refractivity contribution is 5.92. The molecule has 6 heteroatoms. The first-order chi connectivity index (χ1) is 9.70. The van der Waals surface area contributed by atoms with Gasteiger partial charge in [-0.25, -0.2) is 0 Å². The number of piperidine rings is 1. The summed E-state index contributed by atoms with van der Waals surface area (Å²) in [5.41, 5.74) is 0.486. The number of rotatable bonds is 6. The molecule has 1 saturated heterocycles. The van der Waals surface area contributed by atoms with Crippen LogP contribution in [0.5, 0.6) is 0 Å². The monoisotopic (exact) mass is 280 g/mol. The van der Waals surface area contributed by atoms with Gasteiger partial charge in [-0.05, 0) is 31.4 Å². The molecular weight excluding hydrogens is 256 g/mol. The summed E-state index contributed by atoms with van der Waals surface area (Å²) in [6.07, 6.45) is 4.16. The maximum Gasteiger partial charge on any atom is 0.271 e. The minimum atomic E-state index is -0.115. The molecule has 2 atom stereocenters. The highest BCUT2D eigenvalue weighted by Crippen LogP contribution is 2.15. The fraction of sp³-hybridized carbons (Fsp3) is 0.714. The quantitative estimate of drug-likeness (QED) is 0.809. The zero-order chi connectivity index (χ0) is 14.4. The number of carbonyl (C=O) groups is 1. The number of methoxy groups -OCH3 is 1. The molecule has 0 aliphatic carbocycles. The van der Waals surface area contributed by atoms with Crippen LogP contribution in [0.4, 0.5) is 0 Å². The molecule has 0 bridgehead atoms. The van der Waals surface area contributed by atoms with E-state index >= 15 is 0 Å². The highest BCUT2D eigenvalue weighted by Gasteiger charge is 2.17. The molecule has 2 unspecified atom stereocenters. The average molecular weight is 280 g/mol. The van der Waals surface area contributed by atoms with E-state index in [9.17, 15) is 4.79 Å². The number of hydrogen-bond acceptors (Lipinski definition) is 4. The predicted molar refractivity (Wildman–Crippen MR) is 76.7 cm³/mol. The third-order valence-electron chi connectivity index (χ3n) is 3.55. The van der Waals surface area contributed by atoms with Gasteiger partial charge in [-0.1, -0.05) is 6.92 Å². The lowest BCUT2D eigenvalue weighted by Gasteiger charge is -2.22. The Balaban J connectivity index is 1.86. The van der Waals surface area contributed by atoms with Crippen LogP contribution in [0.25, 0.3) is 0 Å².